The topological polar surface area (TPSA) is 52.7 Å². The smallest absolute Gasteiger partial charge is 0.236 e. The average Bonchev–Trinajstić information content (AvgIpc) is 2.46. The van der Waals surface area contributed by atoms with Crippen molar-refractivity contribution in [3.8, 4) is 0 Å². The Labute approximate surface area is 128 Å². The molecule has 0 saturated carbocycles. The van der Waals surface area contributed by atoms with E-state index in [1.807, 2.05) is 32.0 Å². The molecule has 0 spiro atoms. The summed E-state index contributed by atoms with van der Waals surface area (Å²) in [5.41, 5.74) is 2.90. The van der Waals surface area contributed by atoms with Crippen molar-refractivity contribution in [3.05, 3.63) is 29.3 Å². The Kier molecular flexibility index (Phi) is 5.24. The van der Waals surface area contributed by atoms with Gasteiger partial charge in [0.2, 0.25) is 10.0 Å². The van der Waals surface area contributed by atoms with Crippen LogP contribution >= 0.6 is 0 Å². The number of piperazine rings is 1. The molecule has 1 aromatic carbocycles. The van der Waals surface area contributed by atoms with Crippen molar-refractivity contribution in [2.75, 3.05) is 49.8 Å². The number of benzene rings is 1. The van der Waals surface area contributed by atoms with Crippen LogP contribution in [0.25, 0.3) is 0 Å². The molecular weight excluding hydrogens is 286 g/mol. The number of sulfonamides is 1. The Morgan fingerprint density at radius 2 is 1.90 bits per heavy atom. The van der Waals surface area contributed by atoms with Crippen molar-refractivity contribution >= 4 is 15.7 Å². The van der Waals surface area contributed by atoms with Crippen LogP contribution < -0.4 is 9.62 Å². The van der Waals surface area contributed by atoms with Gasteiger partial charge in [-0.05, 0) is 25.5 Å². The van der Waals surface area contributed by atoms with E-state index in [2.05, 4.69) is 10.2 Å². The summed E-state index contributed by atoms with van der Waals surface area (Å²) < 4.78 is 26.4. The predicted molar refractivity (Wildman–Crippen MR) is 87.4 cm³/mol. The summed E-state index contributed by atoms with van der Waals surface area (Å²) in [6.07, 6.45) is 0. The lowest BCUT2D eigenvalue weighted by atomic mass is 10.1. The van der Waals surface area contributed by atoms with Crippen molar-refractivity contribution in [3.63, 3.8) is 0 Å². The van der Waals surface area contributed by atoms with Gasteiger partial charge in [-0.25, -0.2) is 8.42 Å². The summed E-state index contributed by atoms with van der Waals surface area (Å²) in [6.45, 7) is 8.27. The average molecular weight is 311 g/mol. The molecule has 2 rings (SSSR count). The summed E-state index contributed by atoms with van der Waals surface area (Å²) >= 11 is 0. The normalized spacial score (nSPS) is 16.9. The molecule has 5 nitrogen and oxygen atoms in total. The standard InChI is InChI=1S/C15H25N3O2S/c1-13-4-5-15(14(2)12-13)17(3)21(19,20)11-10-18-8-6-16-7-9-18/h4-5,12,16H,6-11H2,1-3H3. The van der Waals surface area contributed by atoms with Crippen LogP contribution in [-0.2, 0) is 10.0 Å². The van der Waals surface area contributed by atoms with Gasteiger partial charge in [0.25, 0.3) is 0 Å². The van der Waals surface area contributed by atoms with E-state index in [0.29, 0.717) is 6.54 Å². The Morgan fingerprint density at radius 1 is 1.24 bits per heavy atom. The molecule has 6 heteroatoms. The van der Waals surface area contributed by atoms with Crippen LogP contribution in [0.1, 0.15) is 11.1 Å². The minimum absolute atomic E-state index is 0.164. The zero-order chi connectivity index (χ0) is 15.5. The fourth-order valence-corrected chi connectivity index (χ4v) is 3.89. The van der Waals surface area contributed by atoms with Crippen LogP contribution in [0.3, 0.4) is 0 Å². The molecular formula is C15H25N3O2S. The summed E-state index contributed by atoms with van der Waals surface area (Å²) in [4.78, 5) is 2.20. The minimum atomic E-state index is -3.28. The molecule has 118 valence electrons. The molecule has 1 aliphatic heterocycles. The van der Waals surface area contributed by atoms with E-state index in [1.54, 1.807) is 7.05 Å². The van der Waals surface area contributed by atoms with Gasteiger partial charge in [-0.3, -0.25) is 9.21 Å². The van der Waals surface area contributed by atoms with Gasteiger partial charge < -0.3 is 5.32 Å². The summed E-state index contributed by atoms with van der Waals surface area (Å²) in [5, 5.41) is 3.27. The second kappa shape index (κ2) is 6.77. The Balaban J connectivity index is 2.03. The van der Waals surface area contributed by atoms with E-state index in [4.69, 9.17) is 0 Å². The van der Waals surface area contributed by atoms with Crippen molar-refractivity contribution < 1.29 is 8.42 Å². The highest BCUT2D eigenvalue weighted by atomic mass is 32.2. The van der Waals surface area contributed by atoms with E-state index in [0.717, 1.165) is 43.0 Å². The minimum Gasteiger partial charge on any atom is -0.314 e. The molecule has 1 heterocycles. The Morgan fingerprint density at radius 3 is 2.52 bits per heavy atom. The Bertz CT molecular complexity index is 581. The first-order chi connectivity index (χ1) is 9.90. The van der Waals surface area contributed by atoms with Gasteiger partial charge in [0.15, 0.2) is 0 Å². The number of nitrogens with one attached hydrogen (secondary N) is 1. The molecule has 1 N–H and O–H groups in total. The molecule has 0 unspecified atom stereocenters. The zero-order valence-corrected chi connectivity index (χ0v) is 13.9. The van der Waals surface area contributed by atoms with E-state index >= 15 is 0 Å². The predicted octanol–water partition coefficient (Wildman–Crippen LogP) is 0.975. The van der Waals surface area contributed by atoms with Crippen LogP contribution in [0.15, 0.2) is 18.2 Å². The first-order valence-corrected chi connectivity index (χ1v) is 8.98. The molecule has 0 aromatic heterocycles. The molecule has 21 heavy (non-hydrogen) atoms. The highest BCUT2D eigenvalue weighted by molar-refractivity contribution is 7.92. The second-order valence-corrected chi connectivity index (χ2v) is 7.78. The SMILES string of the molecule is Cc1ccc(N(C)S(=O)(=O)CCN2CCNCC2)c(C)c1. The number of aryl methyl sites for hydroxylation is 2. The third-order valence-electron chi connectivity index (χ3n) is 3.98. The highest BCUT2D eigenvalue weighted by Gasteiger charge is 2.21. The number of nitrogens with zero attached hydrogens (tertiary/aromatic N) is 2. The molecule has 0 radical (unpaired) electrons. The van der Waals surface area contributed by atoms with Crippen molar-refractivity contribution in [2.45, 2.75) is 13.8 Å². The van der Waals surface area contributed by atoms with Crippen molar-refractivity contribution in [2.24, 2.45) is 0 Å². The number of anilines is 1. The lowest BCUT2D eigenvalue weighted by Gasteiger charge is -2.28. The van der Waals surface area contributed by atoms with Gasteiger partial charge in [-0.2, -0.15) is 0 Å². The lowest BCUT2D eigenvalue weighted by molar-refractivity contribution is 0.254. The van der Waals surface area contributed by atoms with Crippen LogP contribution in [0.2, 0.25) is 0 Å². The maximum absolute atomic E-state index is 12.5. The molecule has 0 amide bonds. The van der Waals surface area contributed by atoms with Crippen LogP contribution in [-0.4, -0.2) is 58.8 Å². The van der Waals surface area contributed by atoms with E-state index in [9.17, 15) is 8.42 Å². The van der Waals surface area contributed by atoms with E-state index in [1.165, 1.54) is 4.31 Å². The number of hydrogen-bond acceptors (Lipinski definition) is 4. The van der Waals surface area contributed by atoms with Crippen LogP contribution in [0, 0.1) is 13.8 Å². The third-order valence-corrected chi connectivity index (χ3v) is 5.71. The summed E-state index contributed by atoms with van der Waals surface area (Å²) in [7, 11) is -1.63. The monoisotopic (exact) mass is 311 g/mol. The summed E-state index contributed by atoms with van der Waals surface area (Å²) in [6, 6.07) is 5.84. The van der Waals surface area contributed by atoms with Crippen LogP contribution in [0.5, 0.6) is 0 Å². The van der Waals surface area contributed by atoms with Gasteiger partial charge in [0, 0.05) is 39.8 Å². The van der Waals surface area contributed by atoms with Gasteiger partial charge in [-0.1, -0.05) is 17.7 Å². The van der Waals surface area contributed by atoms with E-state index in [-0.39, 0.29) is 5.75 Å². The number of hydrogen-bond donors (Lipinski definition) is 1. The number of rotatable bonds is 5. The third kappa shape index (κ3) is 4.18. The van der Waals surface area contributed by atoms with Crippen molar-refractivity contribution in [1.29, 1.82) is 0 Å². The van der Waals surface area contributed by atoms with Gasteiger partial charge in [0.05, 0.1) is 11.4 Å². The fraction of sp³-hybridized carbons (Fsp3) is 0.600. The molecule has 0 atom stereocenters. The molecule has 0 aliphatic carbocycles. The van der Waals surface area contributed by atoms with E-state index < -0.39 is 10.0 Å². The zero-order valence-electron chi connectivity index (χ0n) is 13.1. The van der Waals surface area contributed by atoms with Crippen molar-refractivity contribution in [1.82, 2.24) is 10.2 Å². The largest absolute Gasteiger partial charge is 0.314 e. The molecule has 1 saturated heterocycles. The van der Waals surface area contributed by atoms with Gasteiger partial charge >= 0.3 is 0 Å². The maximum atomic E-state index is 12.5. The molecule has 1 fully saturated rings. The molecule has 1 aromatic rings. The highest BCUT2D eigenvalue weighted by Crippen LogP contribution is 2.22. The van der Waals surface area contributed by atoms with Crippen LogP contribution in [0.4, 0.5) is 5.69 Å². The Hall–Kier alpha value is -1.11. The first-order valence-electron chi connectivity index (χ1n) is 7.37. The first kappa shape index (κ1) is 16.3. The quantitative estimate of drug-likeness (QED) is 0.880. The molecule has 0 bridgehead atoms. The fourth-order valence-electron chi connectivity index (χ4n) is 2.62. The van der Waals surface area contributed by atoms with Gasteiger partial charge in [0.1, 0.15) is 0 Å². The maximum Gasteiger partial charge on any atom is 0.236 e. The van der Waals surface area contributed by atoms with Gasteiger partial charge in [-0.15, -0.1) is 0 Å². The lowest BCUT2D eigenvalue weighted by Crippen LogP contribution is -2.46. The molecule has 1 aliphatic rings. The second-order valence-electron chi connectivity index (χ2n) is 5.67. The summed E-state index contributed by atoms with van der Waals surface area (Å²) in [5.74, 6) is 0.164.